The summed E-state index contributed by atoms with van der Waals surface area (Å²) in [7, 11) is 0. The van der Waals surface area contributed by atoms with E-state index in [0.29, 0.717) is 25.9 Å². The van der Waals surface area contributed by atoms with Gasteiger partial charge in [-0.05, 0) is 57.8 Å². The molecule has 0 radical (unpaired) electrons. The van der Waals surface area contributed by atoms with Crippen molar-refractivity contribution in [3.05, 3.63) is 24.3 Å². The number of aliphatic hydroxyl groups is 2. The fraction of sp³-hybridized carbons (Fsp3) is 0.897. The summed E-state index contributed by atoms with van der Waals surface area (Å²) in [6, 6.07) is -0.547. The Labute approximate surface area is 399 Å². The molecule has 0 aromatic rings. The predicted octanol–water partition coefficient (Wildman–Crippen LogP) is 17.5. The van der Waals surface area contributed by atoms with Crippen molar-refractivity contribution in [1.82, 2.24) is 5.32 Å². The minimum Gasteiger partial charge on any atom is -0.466 e. The zero-order chi connectivity index (χ0) is 46.5. The largest absolute Gasteiger partial charge is 0.466 e. The molecule has 0 aliphatic rings. The van der Waals surface area contributed by atoms with Gasteiger partial charge in [0.1, 0.15) is 0 Å². The number of ether oxygens (including phenoxy) is 1. The van der Waals surface area contributed by atoms with Crippen molar-refractivity contribution in [3.63, 3.8) is 0 Å². The lowest BCUT2D eigenvalue weighted by atomic mass is 10.0. The van der Waals surface area contributed by atoms with Crippen LogP contribution in [0.3, 0.4) is 0 Å². The van der Waals surface area contributed by atoms with Crippen LogP contribution in [0.2, 0.25) is 0 Å². The van der Waals surface area contributed by atoms with Crippen molar-refractivity contribution >= 4 is 11.9 Å². The first-order valence-corrected chi connectivity index (χ1v) is 28.6. The number of hydrogen-bond donors (Lipinski definition) is 3. The minimum absolute atomic E-state index is 0.0105. The van der Waals surface area contributed by atoms with Gasteiger partial charge in [0.05, 0.1) is 25.4 Å². The summed E-state index contributed by atoms with van der Waals surface area (Å²) in [5, 5.41) is 23.3. The number of allylic oxidation sites excluding steroid dienone is 4. The number of unbranched alkanes of at least 4 members (excludes halogenated alkanes) is 38. The second kappa shape index (κ2) is 54.0. The van der Waals surface area contributed by atoms with Gasteiger partial charge in [0.2, 0.25) is 5.91 Å². The molecule has 0 spiro atoms. The summed E-state index contributed by atoms with van der Waals surface area (Å²) >= 11 is 0. The lowest BCUT2D eigenvalue weighted by Gasteiger charge is -2.22. The van der Waals surface area contributed by atoms with Crippen molar-refractivity contribution in [3.8, 4) is 0 Å². The van der Waals surface area contributed by atoms with Gasteiger partial charge >= 0.3 is 5.97 Å². The van der Waals surface area contributed by atoms with Crippen molar-refractivity contribution < 1.29 is 24.5 Å². The molecule has 0 aromatic carbocycles. The summed E-state index contributed by atoms with van der Waals surface area (Å²) in [4.78, 5) is 24.5. The fourth-order valence-electron chi connectivity index (χ4n) is 8.85. The zero-order valence-corrected chi connectivity index (χ0v) is 43.0. The summed E-state index contributed by atoms with van der Waals surface area (Å²) in [6.07, 6.45) is 64.4. The van der Waals surface area contributed by atoms with Crippen molar-refractivity contribution in [1.29, 1.82) is 0 Å². The Kier molecular flexibility index (Phi) is 52.6. The molecule has 0 bridgehead atoms. The molecule has 378 valence electrons. The molecule has 0 aliphatic heterocycles. The van der Waals surface area contributed by atoms with Gasteiger partial charge in [-0.1, -0.05) is 263 Å². The number of carbonyl (C=O) groups is 2. The van der Waals surface area contributed by atoms with E-state index < -0.39 is 12.1 Å². The summed E-state index contributed by atoms with van der Waals surface area (Å²) < 4.78 is 5.47. The average Bonchev–Trinajstić information content (AvgIpc) is 3.29. The first-order chi connectivity index (χ1) is 31.5. The van der Waals surface area contributed by atoms with E-state index in [1.165, 1.54) is 218 Å². The van der Waals surface area contributed by atoms with Gasteiger partial charge in [-0.15, -0.1) is 0 Å². The highest BCUT2D eigenvalue weighted by molar-refractivity contribution is 5.76. The number of carbonyl (C=O) groups excluding carboxylic acids is 2. The first-order valence-electron chi connectivity index (χ1n) is 28.6. The van der Waals surface area contributed by atoms with Crippen LogP contribution < -0.4 is 5.32 Å². The summed E-state index contributed by atoms with van der Waals surface area (Å²) in [5.41, 5.74) is 0. The van der Waals surface area contributed by atoms with Gasteiger partial charge in [0.25, 0.3) is 0 Å². The normalized spacial score (nSPS) is 12.8. The quantitative estimate of drug-likeness (QED) is 0.0321. The van der Waals surface area contributed by atoms with E-state index in [-0.39, 0.29) is 18.5 Å². The van der Waals surface area contributed by atoms with Crippen LogP contribution in [-0.2, 0) is 14.3 Å². The van der Waals surface area contributed by atoms with E-state index in [4.69, 9.17) is 4.74 Å². The number of esters is 1. The van der Waals surface area contributed by atoms with Crippen molar-refractivity contribution in [2.24, 2.45) is 0 Å². The molecule has 1 amide bonds. The molecule has 0 rings (SSSR count). The number of rotatable bonds is 53. The Hall–Kier alpha value is -1.66. The fourth-order valence-corrected chi connectivity index (χ4v) is 8.85. The van der Waals surface area contributed by atoms with Crippen molar-refractivity contribution in [2.75, 3.05) is 13.2 Å². The van der Waals surface area contributed by atoms with Gasteiger partial charge in [-0.3, -0.25) is 9.59 Å². The number of aliphatic hydroxyl groups excluding tert-OH is 2. The summed E-state index contributed by atoms with van der Waals surface area (Å²) in [5.74, 6) is -0.0511. The smallest absolute Gasteiger partial charge is 0.305 e. The van der Waals surface area contributed by atoms with Crippen LogP contribution in [-0.4, -0.2) is 47.4 Å². The van der Waals surface area contributed by atoms with Gasteiger partial charge in [0, 0.05) is 12.8 Å². The second-order valence-electron chi connectivity index (χ2n) is 19.6. The third kappa shape index (κ3) is 49.8. The van der Waals surface area contributed by atoms with Gasteiger partial charge in [-0.2, -0.15) is 0 Å². The molecule has 0 aliphatic carbocycles. The van der Waals surface area contributed by atoms with E-state index in [9.17, 15) is 19.8 Å². The number of hydrogen-bond acceptors (Lipinski definition) is 5. The predicted molar refractivity (Wildman–Crippen MR) is 278 cm³/mol. The number of amides is 1. The van der Waals surface area contributed by atoms with Crippen LogP contribution in [0.4, 0.5) is 0 Å². The second-order valence-corrected chi connectivity index (χ2v) is 19.6. The topological polar surface area (TPSA) is 95.9 Å². The maximum Gasteiger partial charge on any atom is 0.305 e. The zero-order valence-electron chi connectivity index (χ0n) is 43.0. The highest BCUT2D eigenvalue weighted by atomic mass is 16.5. The molecule has 3 N–H and O–H groups in total. The van der Waals surface area contributed by atoms with E-state index >= 15 is 0 Å². The van der Waals surface area contributed by atoms with E-state index in [1.54, 1.807) is 0 Å². The molecule has 0 fully saturated rings. The minimum atomic E-state index is -0.669. The molecule has 0 saturated carbocycles. The monoisotopic (exact) mass is 902 g/mol. The highest BCUT2D eigenvalue weighted by Gasteiger charge is 2.20. The third-order valence-corrected chi connectivity index (χ3v) is 13.3. The van der Waals surface area contributed by atoms with E-state index in [1.807, 2.05) is 0 Å². The third-order valence-electron chi connectivity index (χ3n) is 13.3. The lowest BCUT2D eigenvalue weighted by Crippen LogP contribution is -2.45. The van der Waals surface area contributed by atoms with E-state index in [2.05, 4.69) is 43.5 Å². The number of nitrogens with one attached hydrogen (secondary N) is 1. The van der Waals surface area contributed by atoms with Crippen LogP contribution in [0.25, 0.3) is 0 Å². The molecule has 2 unspecified atom stereocenters. The maximum absolute atomic E-state index is 12.5. The van der Waals surface area contributed by atoms with Crippen LogP contribution >= 0.6 is 0 Å². The van der Waals surface area contributed by atoms with Gasteiger partial charge in [0.15, 0.2) is 0 Å². The molecular formula is C58H111NO5. The molecule has 0 aromatic heterocycles. The molecular weight excluding hydrogens is 791 g/mol. The van der Waals surface area contributed by atoms with Crippen LogP contribution in [0.5, 0.6) is 0 Å². The molecule has 64 heavy (non-hydrogen) atoms. The Morgan fingerprint density at radius 1 is 0.438 bits per heavy atom. The maximum atomic E-state index is 12.5. The Bertz CT molecular complexity index is 997. The SMILES string of the molecule is CCCCC/C=C\C/C=C\CCCCCCCC(=O)OCCCCCCCCCCCCCCCCCCC(=O)NC(CO)C(O)CCCCCCCCCCCCCCCCCC. The molecule has 6 nitrogen and oxygen atoms in total. The highest BCUT2D eigenvalue weighted by Crippen LogP contribution is 2.17. The Morgan fingerprint density at radius 2 is 0.781 bits per heavy atom. The van der Waals surface area contributed by atoms with E-state index in [0.717, 1.165) is 57.8 Å². The lowest BCUT2D eigenvalue weighted by molar-refractivity contribution is -0.143. The standard InChI is InChI=1S/C58H111NO5/c1-3-5-7-9-11-13-15-17-19-23-26-30-34-38-42-46-50-56(61)55(54-60)59-57(62)51-47-43-39-35-31-27-24-20-21-25-29-33-37-41-45-49-53-64-58(63)52-48-44-40-36-32-28-22-18-16-14-12-10-8-6-4-2/h12,14,18,22,55-56,60-61H,3-11,13,15-17,19-21,23-54H2,1-2H3,(H,59,62)/b14-12-,22-18-. The van der Waals surface area contributed by atoms with Crippen molar-refractivity contribution in [2.45, 2.75) is 321 Å². The first kappa shape index (κ1) is 62.3. The molecule has 0 heterocycles. The van der Waals surface area contributed by atoms with Crippen LogP contribution in [0.1, 0.15) is 309 Å². The van der Waals surface area contributed by atoms with Gasteiger partial charge < -0.3 is 20.3 Å². The van der Waals surface area contributed by atoms with Crippen LogP contribution in [0, 0.1) is 0 Å². The molecule has 0 saturated heterocycles. The molecule has 2 atom stereocenters. The Balaban J connectivity index is 3.43. The molecule has 6 heteroatoms. The van der Waals surface area contributed by atoms with Crippen LogP contribution in [0.15, 0.2) is 24.3 Å². The summed E-state index contributed by atoms with van der Waals surface area (Å²) in [6.45, 7) is 4.92. The Morgan fingerprint density at radius 3 is 1.22 bits per heavy atom. The van der Waals surface area contributed by atoms with Gasteiger partial charge in [-0.25, -0.2) is 0 Å². The average molecular weight is 903 g/mol.